The minimum Gasteiger partial charge on any atom is -0.478 e. The van der Waals surface area contributed by atoms with Crippen LogP contribution in [0.25, 0.3) is 11.6 Å². The Morgan fingerprint density at radius 3 is 2.39 bits per heavy atom. The van der Waals surface area contributed by atoms with Crippen molar-refractivity contribution in [2.45, 2.75) is 13.8 Å². The number of fused-ring (bicyclic) bond motifs is 1. The Morgan fingerprint density at radius 2 is 1.79 bits per heavy atom. The summed E-state index contributed by atoms with van der Waals surface area (Å²) in [6, 6.07) is 4.79. The lowest BCUT2D eigenvalue weighted by molar-refractivity contribution is -0.120. The second-order valence-electron chi connectivity index (χ2n) is 6.56. The fourth-order valence-electron chi connectivity index (χ4n) is 3.50. The summed E-state index contributed by atoms with van der Waals surface area (Å²) < 4.78 is 0. The zero-order chi connectivity index (χ0) is 20.2. The van der Waals surface area contributed by atoms with E-state index in [0.29, 0.717) is 39.5 Å². The van der Waals surface area contributed by atoms with E-state index in [0.717, 1.165) is 4.90 Å². The predicted molar refractivity (Wildman–Crippen MR) is 102 cm³/mol. The number of hydrogen-bond donors (Lipinski definition) is 3. The minimum atomic E-state index is -1.05. The number of aryl methyl sites for hydroxylation is 1. The zero-order valence-corrected chi connectivity index (χ0v) is 15.0. The Morgan fingerprint density at radius 1 is 1.11 bits per heavy atom. The van der Waals surface area contributed by atoms with Crippen molar-refractivity contribution in [2.75, 3.05) is 10.2 Å². The number of carbonyl (C=O) groups is 4. The Kier molecular flexibility index (Phi) is 3.78. The second kappa shape index (κ2) is 6.05. The molecule has 3 amide bonds. The molecule has 8 heteroatoms. The lowest BCUT2D eigenvalue weighted by Crippen LogP contribution is -2.29. The standard InChI is InChI=1S/C20H15N3O5/c1-9-15(21-10(2)18(9)20(27)28)8-13-12-7-11(3-4-14(12)22-19(13)26)23-16(24)5-6-17(23)25/h3-8,21H,1-2H3,(H,22,26)(H,27,28)/b13-8-. The molecule has 0 saturated carbocycles. The summed E-state index contributed by atoms with van der Waals surface area (Å²) in [7, 11) is 0. The highest BCUT2D eigenvalue weighted by atomic mass is 16.4. The summed E-state index contributed by atoms with van der Waals surface area (Å²) in [5, 5.41) is 12.1. The first-order valence-electron chi connectivity index (χ1n) is 8.44. The largest absolute Gasteiger partial charge is 0.478 e. The molecule has 0 atom stereocenters. The highest BCUT2D eigenvalue weighted by Gasteiger charge is 2.30. The first-order chi connectivity index (χ1) is 13.3. The average Bonchev–Trinajstić information content (AvgIpc) is 3.22. The van der Waals surface area contributed by atoms with Crippen LogP contribution in [0.3, 0.4) is 0 Å². The molecule has 0 aliphatic carbocycles. The number of aromatic amines is 1. The van der Waals surface area contributed by atoms with Crippen LogP contribution in [0.5, 0.6) is 0 Å². The molecule has 3 N–H and O–H groups in total. The van der Waals surface area contributed by atoms with Crippen LogP contribution in [0.4, 0.5) is 11.4 Å². The maximum absolute atomic E-state index is 12.5. The molecular formula is C20H15N3O5. The maximum atomic E-state index is 12.5. The van der Waals surface area contributed by atoms with E-state index in [4.69, 9.17) is 0 Å². The molecule has 0 saturated heterocycles. The molecule has 2 aromatic rings. The molecule has 28 heavy (non-hydrogen) atoms. The second-order valence-corrected chi connectivity index (χ2v) is 6.56. The summed E-state index contributed by atoms with van der Waals surface area (Å²) in [4.78, 5) is 51.8. The van der Waals surface area contributed by atoms with Crippen LogP contribution in [0, 0.1) is 13.8 Å². The monoisotopic (exact) mass is 377 g/mol. The summed E-state index contributed by atoms with van der Waals surface area (Å²) in [6.45, 7) is 3.31. The molecule has 0 bridgehead atoms. The van der Waals surface area contributed by atoms with E-state index < -0.39 is 17.8 Å². The van der Waals surface area contributed by atoms with Gasteiger partial charge in [0.2, 0.25) is 0 Å². The van der Waals surface area contributed by atoms with Gasteiger partial charge in [0.25, 0.3) is 17.7 Å². The number of aromatic nitrogens is 1. The summed E-state index contributed by atoms with van der Waals surface area (Å²) in [6.07, 6.45) is 3.95. The van der Waals surface area contributed by atoms with Gasteiger partial charge in [0, 0.05) is 34.8 Å². The number of hydrogen-bond acceptors (Lipinski definition) is 4. The topological polar surface area (TPSA) is 120 Å². The molecule has 0 spiro atoms. The van der Waals surface area contributed by atoms with E-state index in [-0.39, 0.29) is 11.5 Å². The van der Waals surface area contributed by atoms with E-state index in [1.165, 1.54) is 12.2 Å². The third-order valence-electron chi connectivity index (χ3n) is 4.83. The van der Waals surface area contributed by atoms with Crippen LogP contribution in [0.15, 0.2) is 30.4 Å². The van der Waals surface area contributed by atoms with Gasteiger partial charge < -0.3 is 15.4 Å². The first kappa shape index (κ1) is 17.5. The number of aromatic carboxylic acids is 1. The van der Waals surface area contributed by atoms with Gasteiger partial charge >= 0.3 is 5.97 Å². The molecule has 1 aromatic carbocycles. The van der Waals surface area contributed by atoms with Crippen molar-refractivity contribution in [3.63, 3.8) is 0 Å². The van der Waals surface area contributed by atoms with Crippen molar-refractivity contribution in [3.8, 4) is 0 Å². The van der Waals surface area contributed by atoms with Gasteiger partial charge in [-0.15, -0.1) is 0 Å². The number of imide groups is 1. The number of rotatable bonds is 3. The van der Waals surface area contributed by atoms with Crippen molar-refractivity contribution in [1.29, 1.82) is 0 Å². The van der Waals surface area contributed by atoms with E-state index in [2.05, 4.69) is 10.3 Å². The molecule has 8 nitrogen and oxygen atoms in total. The molecule has 0 fully saturated rings. The number of anilines is 2. The highest BCUT2D eigenvalue weighted by Crippen LogP contribution is 2.37. The van der Waals surface area contributed by atoms with Gasteiger partial charge in [-0.3, -0.25) is 14.4 Å². The fraction of sp³-hybridized carbons (Fsp3) is 0.100. The quantitative estimate of drug-likeness (QED) is 0.560. The highest BCUT2D eigenvalue weighted by molar-refractivity contribution is 6.35. The van der Waals surface area contributed by atoms with Crippen molar-refractivity contribution in [3.05, 3.63) is 58.4 Å². The maximum Gasteiger partial charge on any atom is 0.337 e. The third-order valence-corrected chi connectivity index (χ3v) is 4.83. The predicted octanol–water partition coefficient (Wildman–Crippen LogP) is 2.25. The van der Waals surface area contributed by atoms with Crippen molar-refractivity contribution >= 4 is 46.7 Å². The number of benzene rings is 1. The molecule has 1 aromatic heterocycles. The summed E-state index contributed by atoms with van der Waals surface area (Å²) in [5.74, 6) is -2.30. The van der Waals surface area contributed by atoms with Gasteiger partial charge in [0.1, 0.15) is 0 Å². The molecule has 2 aliphatic rings. The minimum absolute atomic E-state index is 0.165. The number of H-pyrrole nitrogens is 1. The van der Waals surface area contributed by atoms with Gasteiger partial charge in [-0.1, -0.05) is 0 Å². The number of carbonyl (C=O) groups excluding carboxylic acids is 3. The van der Waals surface area contributed by atoms with E-state index >= 15 is 0 Å². The van der Waals surface area contributed by atoms with Gasteiger partial charge in [-0.25, -0.2) is 9.69 Å². The van der Waals surface area contributed by atoms with E-state index in [1.54, 1.807) is 38.1 Å². The average molecular weight is 377 g/mol. The Bertz CT molecular complexity index is 1130. The van der Waals surface area contributed by atoms with Gasteiger partial charge in [-0.2, -0.15) is 0 Å². The van der Waals surface area contributed by atoms with Gasteiger partial charge in [-0.05, 0) is 43.7 Å². The lowest BCUT2D eigenvalue weighted by atomic mass is 10.0. The number of carboxylic acid groups (broad SMARTS) is 1. The Labute approximate surface area is 159 Å². The number of amides is 3. The number of nitrogens with one attached hydrogen (secondary N) is 2. The third kappa shape index (κ3) is 2.54. The van der Waals surface area contributed by atoms with Crippen LogP contribution in [-0.2, 0) is 14.4 Å². The van der Waals surface area contributed by atoms with Crippen molar-refractivity contribution in [2.24, 2.45) is 0 Å². The molecule has 0 unspecified atom stereocenters. The molecular weight excluding hydrogens is 362 g/mol. The fourth-order valence-corrected chi connectivity index (χ4v) is 3.50. The first-order valence-corrected chi connectivity index (χ1v) is 8.44. The Balaban J connectivity index is 1.81. The Hall–Kier alpha value is -3.94. The smallest absolute Gasteiger partial charge is 0.337 e. The summed E-state index contributed by atoms with van der Waals surface area (Å²) in [5.41, 5.74) is 3.42. The van der Waals surface area contributed by atoms with Gasteiger partial charge in [0.15, 0.2) is 0 Å². The van der Waals surface area contributed by atoms with Crippen LogP contribution >= 0.6 is 0 Å². The van der Waals surface area contributed by atoms with Crippen LogP contribution in [0.1, 0.15) is 32.9 Å². The van der Waals surface area contributed by atoms with E-state index in [9.17, 15) is 24.3 Å². The lowest BCUT2D eigenvalue weighted by Gasteiger charge is -2.14. The molecule has 2 aliphatic heterocycles. The molecule has 140 valence electrons. The molecule has 3 heterocycles. The van der Waals surface area contributed by atoms with Crippen LogP contribution in [-0.4, -0.2) is 33.8 Å². The zero-order valence-electron chi connectivity index (χ0n) is 15.0. The van der Waals surface area contributed by atoms with Crippen LogP contribution in [0.2, 0.25) is 0 Å². The van der Waals surface area contributed by atoms with Crippen molar-refractivity contribution < 1.29 is 24.3 Å². The van der Waals surface area contributed by atoms with Gasteiger partial charge in [0.05, 0.1) is 16.8 Å². The SMILES string of the molecule is Cc1[nH]c(/C=C2\C(=O)Nc3ccc(N4C(=O)C=CC4=O)cc32)c(C)c1C(=O)O. The molecule has 0 radical (unpaired) electrons. The number of nitrogens with zero attached hydrogens (tertiary/aromatic N) is 1. The molecule has 4 rings (SSSR count). The summed E-state index contributed by atoms with van der Waals surface area (Å²) >= 11 is 0. The van der Waals surface area contributed by atoms with E-state index in [1.807, 2.05) is 0 Å². The normalized spacial score (nSPS) is 16.9. The van der Waals surface area contributed by atoms with Crippen molar-refractivity contribution in [1.82, 2.24) is 4.98 Å². The van der Waals surface area contributed by atoms with Crippen LogP contribution < -0.4 is 10.2 Å². The number of carboxylic acids is 1.